The first-order valence-electron chi connectivity index (χ1n) is 8.79. The molecule has 150 valence electrons. The largest absolute Gasteiger partial charge is 0.416 e. The fraction of sp³-hybridized carbons (Fsp3) is 0.556. The van der Waals surface area contributed by atoms with Crippen LogP contribution in [0.5, 0.6) is 0 Å². The van der Waals surface area contributed by atoms with Crippen molar-refractivity contribution >= 4 is 23.6 Å². The average Bonchev–Trinajstić information content (AvgIpc) is 3.11. The standard InChI is InChI=1S/C18H25F3N4OS/c1-22-17(25-14-7-8-15(11-14)27-2)24-10-9-23-16(26)12-3-5-13(6-4-12)18(19,20)21/h3-6,14-15H,7-11H2,1-2H3,(H,23,26)(H2,22,24,25). The van der Waals surface area contributed by atoms with Gasteiger partial charge in [-0.1, -0.05) is 0 Å². The third kappa shape index (κ3) is 6.64. The van der Waals surface area contributed by atoms with Crippen LogP contribution in [0.2, 0.25) is 0 Å². The van der Waals surface area contributed by atoms with Gasteiger partial charge in [-0.2, -0.15) is 24.9 Å². The molecule has 5 nitrogen and oxygen atoms in total. The number of rotatable bonds is 6. The molecular weight excluding hydrogens is 377 g/mol. The maximum absolute atomic E-state index is 12.5. The second-order valence-electron chi connectivity index (χ2n) is 6.34. The maximum atomic E-state index is 12.5. The van der Waals surface area contributed by atoms with Gasteiger partial charge in [-0.15, -0.1) is 0 Å². The zero-order chi connectivity index (χ0) is 19.9. The molecule has 3 N–H and O–H groups in total. The smallest absolute Gasteiger partial charge is 0.355 e. The van der Waals surface area contributed by atoms with Crippen molar-refractivity contribution in [1.82, 2.24) is 16.0 Å². The lowest BCUT2D eigenvalue weighted by Crippen LogP contribution is -2.45. The first-order valence-corrected chi connectivity index (χ1v) is 10.1. The molecule has 0 spiro atoms. The summed E-state index contributed by atoms with van der Waals surface area (Å²) in [6, 6.07) is 4.56. The summed E-state index contributed by atoms with van der Waals surface area (Å²) >= 11 is 1.89. The summed E-state index contributed by atoms with van der Waals surface area (Å²) in [6.45, 7) is 0.795. The minimum absolute atomic E-state index is 0.194. The summed E-state index contributed by atoms with van der Waals surface area (Å²) in [7, 11) is 1.69. The molecular formula is C18H25F3N4OS. The number of amides is 1. The zero-order valence-corrected chi connectivity index (χ0v) is 16.2. The summed E-state index contributed by atoms with van der Waals surface area (Å²) in [5.74, 6) is 0.276. The lowest BCUT2D eigenvalue weighted by atomic mass is 10.1. The van der Waals surface area contributed by atoms with Crippen LogP contribution in [0, 0.1) is 0 Å². The topological polar surface area (TPSA) is 65.5 Å². The van der Waals surface area contributed by atoms with E-state index >= 15 is 0 Å². The Kier molecular flexibility index (Phi) is 7.82. The average molecular weight is 402 g/mol. The Morgan fingerprint density at radius 2 is 1.85 bits per heavy atom. The van der Waals surface area contributed by atoms with E-state index in [1.54, 1.807) is 7.05 Å². The molecule has 2 unspecified atom stereocenters. The molecule has 1 fully saturated rings. The minimum atomic E-state index is -4.41. The fourth-order valence-electron chi connectivity index (χ4n) is 2.94. The number of alkyl halides is 3. The Bertz CT molecular complexity index is 649. The molecule has 2 rings (SSSR count). The number of nitrogens with one attached hydrogen (secondary N) is 3. The van der Waals surface area contributed by atoms with Gasteiger partial charge < -0.3 is 16.0 Å². The second-order valence-corrected chi connectivity index (χ2v) is 7.48. The third-order valence-electron chi connectivity index (χ3n) is 4.46. The Morgan fingerprint density at radius 1 is 1.19 bits per heavy atom. The summed E-state index contributed by atoms with van der Waals surface area (Å²) in [5, 5.41) is 9.87. The first kappa shape index (κ1) is 21.4. The summed E-state index contributed by atoms with van der Waals surface area (Å²) in [5.41, 5.74) is -0.578. The lowest BCUT2D eigenvalue weighted by Gasteiger charge is -2.17. The Morgan fingerprint density at radius 3 is 2.41 bits per heavy atom. The maximum Gasteiger partial charge on any atom is 0.416 e. The molecule has 2 atom stereocenters. The Balaban J connectivity index is 1.71. The molecule has 27 heavy (non-hydrogen) atoms. The van der Waals surface area contributed by atoms with E-state index in [2.05, 4.69) is 27.2 Å². The number of carbonyl (C=O) groups excluding carboxylic acids is 1. The van der Waals surface area contributed by atoms with E-state index in [9.17, 15) is 18.0 Å². The highest BCUT2D eigenvalue weighted by Gasteiger charge is 2.30. The number of carbonyl (C=O) groups is 1. The Hall–Kier alpha value is -1.90. The predicted octanol–water partition coefficient (Wildman–Crippen LogP) is 2.88. The molecule has 1 aromatic carbocycles. The van der Waals surface area contributed by atoms with E-state index in [-0.39, 0.29) is 5.56 Å². The minimum Gasteiger partial charge on any atom is -0.355 e. The van der Waals surface area contributed by atoms with Gasteiger partial charge in [0, 0.05) is 37.0 Å². The number of hydrogen-bond donors (Lipinski definition) is 3. The van der Waals surface area contributed by atoms with E-state index in [0.29, 0.717) is 30.3 Å². The molecule has 9 heteroatoms. The van der Waals surface area contributed by atoms with Gasteiger partial charge in [-0.05, 0) is 49.8 Å². The van der Waals surface area contributed by atoms with E-state index < -0.39 is 17.6 Å². The van der Waals surface area contributed by atoms with Crippen molar-refractivity contribution in [3.8, 4) is 0 Å². The molecule has 1 aliphatic rings. The number of halogens is 3. The lowest BCUT2D eigenvalue weighted by molar-refractivity contribution is -0.137. The van der Waals surface area contributed by atoms with Gasteiger partial charge >= 0.3 is 6.18 Å². The molecule has 0 saturated heterocycles. The number of benzene rings is 1. The van der Waals surface area contributed by atoms with Crippen LogP contribution in [0.1, 0.15) is 35.2 Å². The summed E-state index contributed by atoms with van der Waals surface area (Å²) in [6.07, 6.45) is 1.12. The van der Waals surface area contributed by atoms with E-state index in [1.165, 1.54) is 18.6 Å². The van der Waals surface area contributed by atoms with Crippen LogP contribution in [0.3, 0.4) is 0 Å². The van der Waals surface area contributed by atoms with Crippen molar-refractivity contribution in [3.63, 3.8) is 0 Å². The number of thioether (sulfide) groups is 1. The van der Waals surface area contributed by atoms with Crippen LogP contribution in [0.15, 0.2) is 29.3 Å². The van der Waals surface area contributed by atoms with Crippen molar-refractivity contribution in [2.45, 2.75) is 36.7 Å². The third-order valence-corrected chi connectivity index (χ3v) is 5.55. The highest BCUT2D eigenvalue weighted by molar-refractivity contribution is 7.99. The molecule has 0 aromatic heterocycles. The Labute approximate surface area is 161 Å². The van der Waals surface area contributed by atoms with Crippen LogP contribution in [0.25, 0.3) is 0 Å². The normalized spacial score (nSPS) is 20.4. The molecule has 0 aliphatic heterocycles. The molecule has 1 saturated carbocycles. The van der Waals surface area contributed by atoms with E-state index in [4.69, 9.17) is 0 Å². The highest BCUT2D eigenvalue weighted by Crippen LogP contribution is 2.29. The van der Waals surface area contributed by atoms with Crippen LogP contribution in [-0.4, -0.2) is 49.6 Å². The van der Waals surface area contributed by atoms with Crippen molar-refractivity contribution in [2.75, 3.05) is 26.4 Å². The van der Waals surface area contributed by atoms with Crippen molar-refractivity contribution < 1.29 is 18.0 Å². The van der Waals surface area contributed by atoms with Gasteiger partial charge in [0.25, 0.3) is 5.91 Å². The SMILES string of the molecule is CN=C(NCCNC(=O)c1ccc(C(F)(F)F)cc1)NC1CCC(SC)C1. The number of hydrogen-bond acceptors (Lipinski definition) is 3. The monoisotopic (exact) mass is 402 g/mol. The number of nitrogens with zero attached hydrogens (tertiary/aromatic N) is 1. The van der Waals surface area contributed by atoms with Gasteiger partial charge in [0.15, 0.2) is 5.96 Å². The van der Waals surface area contributed by atoms with Crippen LogP contribution in [0.4, 0.5) is 13.2 Å². The molecule has 0 bridgehead atoms. The van der Waals surface area contributed by atoms with Gasteiger partial charge in [0.2, 0.25) is 0 Å². The van der Waals surface area contributed by atoms with Crippen LogP contribution in [-0.2, 0) is 6.18 Å². The highest BCUT2D eigenvalue weighted by atomic mass is 32.2. The van der Waals surface area contributed by atoms with Crippen molar-refractivity contribution in [3.05, 3.63) is 35.4 Å². The molecule has 0 radical (unpaired) electrons. The first-order chi connectivity index (χ1) is 12.8. The van der Waals surface area contributed by atoms with Gasteiger partial charge in [0.1, 0.15) is 0 Å². The van der Waals surface area contributed by atoms with Gasteiger partial charge in [-0.3, -0.25) is 9.79 Å². The zero-order valence-electron chi connectivity index (χ0n) is 15.4. The van der Waals surface area contributed by atoms with Gasteiger partial charge in [0.05, 0.1) is 5.56 Å². The molecule has 1 aromatic rings. The molecule has 1 aliphatic carbocycles. The van der Waals surface area contributed by atoms with Crippen molar-refractivity contribution in [2.24, 2.45) is 4.99 Å². The molecule has 1 amide bonds. The van der Waals surface area contributed by atoms with E-state index in [0.717, 1.165) is 25.0 Å². The van der Waals surface area contributed by atoms with Crippen LogP contribution >= 0.6 is 11.8 Å². The molecule has 0 heterocycles. The predicted molar refractivity (Wildman–Crippen MR) is 103 cm³/mol. The van der Waals surface area contributed by atoms with Gasteiger partial charge in [-0.25, -0.2) is 0 Å². The summed E-state index contributed by atoms with van der Waals surface area (Å²) in [4.78, 5) is 16.2. The number of guanidine groups is 1. The van der Waals surface area contributed by atoms with Crippen LogP contribution < -0.4 is 16.0 Å². The van der Waals surface area contributed by atoms with E-state index in [1.807, 2.05) is 11.8 Å². The summed E-state index contributed by atoms with van der Waals surface area (Å²) < 4.78 is 37.6. The fourth-order valence-corrected chi connectivity index (χ4v) is 3.74. The second kappa shape index (κ2) is 9.87. The quantitative estimate of drug-likeness (QED) is 0.389. The van der Waals surface area contributed by atoms with Crippen molar-refractivity contribution in [1.29, 1.82) is 0 Å². The number of aliphatic imine (C=N–C) groups is 1.